The zero-order valence-electron chi connectivity index (χ0n) is 11.8. The number of nitrogens with zero attached hydrogens (tertiary/aromatic N) is 1. The van der Waals surface area contributed by atoms with Gasteiger partial charge in [-0.2, -0.15) is 0 Å². The predicted molar refractivity (Wildman–Crippen MR) is 81.7 cm³/mol. The van der Waals surface area contributed by atoms with E-state index in [1.165, 1.54) is 0 Å². The number of aryl methyl sites for hydroxylation is 1. The Morgan fingerprint density at radius 1 is 1.05 bits per heavy atom. The minimum atomic E-state index is 0.182. The number of ether oxygens (including phenoxy) is 1. The minimum Gasteiger partial charge on any atom is -0.508 e. The van der Waals surface area contributed by atoms with Gasteiger partial charge in [-0.15, -0.1) is 0 Å². The molecule has 0 aliphatic heterocycles. The lowest BCUT2D eigenvalue weighted by Gasteiger charge is -2.10. The first-order chi connectivity index (χ1) is 10.2. The van der Waals surface area contributed by atoms with Crippen molar-refractivity contribution in [1.82, 2.24) is 4.57 Å². The zero-order valence-corrected chi connectivity index (χ0v) is 11.8. The van der Waals surface area contributed by atoms with Crippen LogP contribution in [0.2, 0.25) is 0 Å². The van der Waals surface area contributed by atoms with E-state index in [4.69, 9.17) is 4.74 Å². The van der Waals surface area contributed by atoms with Gasteiger partial charge in [-0.25, -0.2) is 0 Å². The molecule has 108 valence electrons. The zero-order chi connectivity index (χ0) is 14.8. The van der Waals surface area contributed by atoms with Crippen molar-refractivity contribution in [1.29, 1.82) is 0 Å². The Labute approximate surface area is 122 Å². The molecule has 0 bridgehead atoms. The van der Waals surface area contributed by atoms with Crippen LogP contribution in [0, 0.1) is 0 Å². The number of phenols is 2. The van der Waals surface area contributed by atoms with Crippen LogP contribution in [0.25, 0.3) is 10.9 Å². The number of aromatic nitrogens is 1. The summed E-state index contributed by atoms with van der Waals surface area (Å²) in [5.74, 6) is 1.08. The molecule has 0 saturated heterocycles. The molecular weight excluding hydrogens is 266 g/mol. The predicted octanol–water partition coefficient (Wildman–Crippen LogP) is 3.65. The average Bonchev–Trinajstić information content (AvgIpc) is 2.84. The van der Waals surface area contributed by atoms with Gasteiger partial charge in [0.2, 0.25) is 0 Å². The summed E-state index contributed by atoms with van der Waals surface area (Å²) >= 11 is 0. The van der Waals surface area contributed by atoms with Crippen molar-refractivity contribution in [2.45, 2.75) is 20.1 Å². The second-order valence-corrected chi connectivity index (χ2v) is 4.88. The van der Waals surface area contributed by atoms with Crippen LogP contribution in [-0.2, 0) is 13.2 Å². The summed E-state index contributed by atoms with van der Waals surface area (Å²) in [5, 5.41) is 20.2. The molecule has 0 unspecified atom stereocenters. The first-order valence-corrected chi connectivity index (χ1v) is 6.91. The summed E-state index contributed by atoms with van der Waals surface area (Å²) in [4.78, 5) is 0. The van der Waals surface area contributed by atoms with E-state index < -0.39 is 0 Å². The van der Waals surface area contributed by atoms with Gasteiger partial charge in [-0.1, -0.05) is 12.1 Å². The molecular formula is C17H17NO3. The van der Waals surface area contributed by atoms with Gasteiger partial charge >= 0.3 is 0 Å². The highest BCUT2D eigenvalue weighted by Crippen LogP contribution is 2.28. The molecule has 0 aliphatic carbocycles. The van der Waals surface area contributed by atoms with Crippen molar-refractivity contribution in [2.24, 2.45) is 0 Å². The Kier molecular flexibility index (Phi) is 3.44. The highest BCUT2D eigenvalue weighted by molar-refractivity contribution is 5.87. The normalized spacial score (nSPS) is 10.9. The number of aromatic hydroxyl groups is 2. The van der Waals surface area contributed by atoms with E-state index in [-0.39, 0.29) is 11.5 Å². The van der Waals surface area contributed by atoms with E-state index in [0.29, 0.717) is 12.4 Å². The number of hydrogen-bond donors (Lipinski definition) is 2. The maximum atomic E-state index is 9.94. The number of rotatable bonds is 4. The van der Waals surface area contributed by atoms with E-state index >= 15 is 0 Å². The maximum Gasteiger partial charge on any atom is 0.128 e. The van der Waals surface area contributed by atoms with Crippen LogP contribution in [0.3, 0.4) is 0 Å². The molecule has 0 spiro atoms. The van der Waals surface area contributed by atoms with Gasteiger partial charge in [0.25, 0.3) is 0 Å². The van der Waals surface area contributed by atoms with Gasteiger partial charge in [-0.05, 0) is 37.3 Å². The number of benzene rings is 2. The molecule has 2 aromatic carbocycles. The Hall–Kier alpha value is -2.62. The largest absolute Gasteiger partial charge is 0.508 e. The summed E-state index contributed by atoms with van der Waals surface area (Å²) in [6, 6.07) is 14.2. The minimum absolute atomic E-state index is 0.182. The monoisotopic (exact) mass is 283 g/mol. The molecule has 0 amide bonds. The number of fused-ring (bicyclic) bond motifs is 1. The Morgan fingerprint density at radius 2 is 1.86 bits per heavy atom. The van der Waals surface area contributed by atoms with Crippen LogP contribution in [0.1, 0.15) is 12.6 Å². The van der Waals surface area contributed by atoms with Crippen molar-refractivity contribution in [3.63, 3.8) is 0 Å². The lowest BCUT2D eigenvalue weighted by Crippen LogP contribution is -2.04. The van der Waals surface area contributed by atoms with Crippen LogP contribution >= 0.6 is 0 Å². The van der Waals surface area contributed by atoms with Crippen molar-refractivity contribution < 1.29 is 14.9 Å². The molecule has 2 N–H and O–H groups in total. The van der Waals surface area contributed by atoms with E-state index in [9.17, 15) is 10.2 Å². The van der Waals surface area contributed by atoms with E-state index in [0.717, 1.165) is 23.1 Å². The average molecular weight is 283 g/mol. The molecule has 0 fully saturated rings. The van der Waals surface area contributed by atoms with Gasteiger partial charge in [0.15, 0.2) is 0 Å². The molecule has 0 saturated carbocycles. The highest BCUT2D eigenvalue weighted by atomic mass is 16.5. The Bertz CT molecular complexity index is 777. The second-order valence-electron chi connectivity index (χ2n) is 4.88. The van der Waals surface area contributed by atoms with Crippen LogP contribution < -0.4 is 4.74 Å². The molecule has 4 heteroatoms. The molecule has 0 radical (unpaired) electrons. The second kappa shape index (κ2) is 5.40. The van der Waals surface area contributed by atoms with Gasteiger partial charge in [0, 0.05) is 18.0 Å². The molecule has 3 aromatic rings. The van der Waals surface area contributed by atoms with Crippen molar-refractivity contribution in [3.8, 4) is 17.2 Å². The molecule has 0 aliphatic rings. The topological polar surface area (TPSA) is 54.6 Å². The van der Waals surface area contributed by atoms with E-state index in [1.807, 2.05) is 18.2 Å². The lowest BCUT2D eigenvalue weighted by molar-refractivity contribution is 0.294. The van der Waals surface area contributed by atoms with Crippen molar-refractivity contribution >= 4 is 10.9 Å². The first kappa shape index (κ1) is 13.4. The fourth-order valence-corrected chi connectivity index (χ4v) is 2.55. The molecule has 4 nitrogen and oxygen atoms in total. The summed E-state index contributed by atoms with van der Waals surface area (Å²) in [5.41, 5.74) is 1.98. The van der Waals surface area contributed by atoms with Crippen LogP contribution in [0.15, 0.2) is 48.5 Å². The van der Waals surface area contributed by atoms with E-state index in [1.54, 1.807) is 30.3 Å². The first-order valence-electron chi connectivity index (χ1n) is 6.91. The Morgan fingerprint density at radius 3 is 2.62 bits per heavy atom. The van der Waals surface area contributed by atoms with Gasteiger partial charge in [0.1, 0.15) is 23.9 Å². The third kappa shape index (κ3) is 2.52. The van der Waals surface area contributed by atoms with Gasteiger partial charge in [-0.3, -0.25) is 0 Å². The summed E-state index contributed by atoms with van der Waals surface area (Å²) in [6.07, 6.45) is 0. The van der Waals surface area contributed by atoms with Crippen LogP contribution in [0.5, 0.6) is 17.2 Å². The molecule has 1 aromatic heterocycles. The summed E-state index contributed by atoms with van der Waals surface area (Å²) in [6.45, 7) is 3.23. The maximum absolute atomic E-state index is 9.94. The fourth-order valence-electron chi connectivity index (χ4n) is 2.55. The Balaban J connectivity index is 1.91. The van der Waals surface area contributed by atoms with Gasteiger partial charge in [0.05, 0.1) is 11.2 Å². The SMILES string of the molecule is CCn1c(COc2cccc(O)c2)cc2c(O)cccc21. The van der Waals surface area contributed by atoms with Crippen LogP contribution in [-0.4, -0.2) is 14.8 Å². The smallest absolute Gasteiger partial charge is 0.128 e. The summed E-state index contributed by atoms with van der Waals surface area (Å²) in [7, 11) is 0. The number of hydrogen-bond acceptors (Lipinski definition) is 3. The molecule has 0 atom stereocenters. The van der Waals surface area contributed by atoms with Crippen molar-refractivity contribution in [3.05, 3.63) is 54.2 Å². The van der Waals surface area contributed by atoms with Crippen molar-refractivity contribution in [2.75, 3.05) is 0 Å². The molecule has 21 heavy (non-hydrogen) atoms. The third-order valence-electron chi connectivity index (χ3n) is 3.53. The summed E-state index contributed by atoms with van der Waals surface area (Å²) < 4.78 is 7.83. The fraction of sp³-hybridized carbons (Fsp3) is 0.176. The molecule has 1 heterocycles. The van der Waals surface area contributed by atoms with Gasteiger partial charge < -0.3 is 19.5 Å². The lowest BCUT2D eigenvalue weighted by atomic mass is 10.2. The highest BCUT2D eigenvalue weighted by Gasteiger charge is 2.10. The molecule has 3 rings (SSSR count). The number of phenolic OH excluding ortho intramolecular Hbond substituents is 2. The standard InChI is InChI=1S/C17H17NO3/c1-2-18-12(9-15-16(18)7-4-8-17(15)20)11-21-14-6-3-5-13(19)10-14/h3-10,19-20H,2,11H2,1H3. The van der Waals surface area contributed by atoms with E-state index in [2.05, 4.69) is 11.5 Å². The third-order valence-corrected chi connectivity index (χ3v) is 3.53. The quantitative estimate of drug-likeness (QED) is 0.768. The van der Waals surface area contributed by atoms with Crippen LogP contribution in [0.4, 0.5) is 0 Å².